The van der Waals surface area contributed by atoms with Gasteiger partial charge in [0.2, 0.25) is 0 Å². The predicted molar refractivity (Wildman–Crippen MR) is 274 cm³/mol. The van der Waals surface area contributed by atoms with E-state index < -0.39 is 0 Å². The number of amidine groups is 2. The molecule has 6 nitrogen and oxygen atoms in total. The van der Waals surface area contributed by atoms with Crippen LogP contribution < -0.4 is 5.73 Å². The molecule has 13 rings (SSSR count). The Kier molecular flexibility index (Phi) is 8.94. The first-order valence-corrected chi connectivity index (χ1v) is 22.3. The lowest BCUT2D eigenvalue weighted by Crippen LogP contribution is -2.17. The summed E-state index contributed by atoms with van der Waals surface area (Å²) in [6.45, 7) is 6.56. The Morgan fingerprint density at radius 1 is 0.515 bits per heavy atom. The first kappa shape index (κ1) is 39.1. The average molecular weight is 853 g/mol. The van der Waals surface area contributed by atoms with Gasteiger partial charge in [-0.15, -0.1) is 0 Å². The Balaban J connectivity index is 0.000000599. The highest BCUT2D eigenvalue weighted by atomic mass is 16.3. The third-order valence-electron chi connectivity index (χ3n) is 13.4. The Morgan fingerprint density at radius 2 is 1.15 bits per heavy atom. The summed E-state index contributed by atoms with van der Waals surface area (Å²) in [6.07, 6.45) is 0. The van der Waals surface area contributed by atoms with Crippen molar-refractivity contribution in [1.29, 1.82) is 5.41 Å². The molecule has 6 heteroatoms. The number of fused-ring (bicyclic) bond motifs is 12. The van der Waals surface area contributed by atoms with E-state index in [9.17, 15) is 0 Å². The molecule has 12 aromatic rings. The first-order chi connectivity index (χ1) is 32.2. The van der Waals surface area contributed by atoms with Crippen LogP contribution in [0.25, 0.3) is 93.6 Å². The van der Waals surface area contributed by atoms with Crippen LogP contribution in [0.1, 0.15) is 41.7 Å². The van der Waals surface area contributed by atoms with E-state index in [-0.39, 0.29) is 17.1 Å². The van der Waals surface area contributed by atoms with Gasteiger partial charge in [0, 0.05) is 54.9 Å². The number of furan rings is 2. The number of nitrogens with zero attached hydrogens (tertiary/aromatic N) is 2. The van der Waals surface area contributed by atoms with Gasteiger partial charge in [-0.1, -0.05) is 159 Å². The highest BCUT2D eigenvalue weighted by molar-refractivity contribution is 6.21. The van der Waals surface area contributed by atoms with Crippen molar-refractivity contribution >= 4 is 77.4 Å². The van der Waals surface area contributed by atoms with E-state index in [4.69, 9.17) is 25.0 Å². The van der Waals surface area contributed by atoms with E-state index in [0.717, 1.165) is 77.3 Å². The van der Waals surface area contributed by atoms with Crippen LogP contribution in [-0.2, 0) is 5.41 Å². The minimum Gasteiger partial charge on any atom is -0.456 e. The molecule has 1 aliphatic carbocycles. The second-order valence-corrected chi connectivity index (χ2v) is 17.8. The number of aryl methyl sites for hydroxylation is 1. The van der Waals surface area contributed by atoms with E-state index in [2.05, 4.69) is 159 Å². The van der Waals surface area contributed by atoms with E-state index in [1.54, 1.807) is 0 Å². The summed E-state index contributed by atoms with van der Waals surface area (Å²) in [5.41, 5.74) is 22.8. The summed E-state index contributed by atoms with van der Waals surface area (Å²) >= 11 is 0. The number of hydrogen-bond acceptors (Lipinski definition) is 3. The number of nitrogens with two attached hydrogens (primary N) is 1. The highest BCUT2D eigenvalue weighted by Gasteiger charge is 2.35. The summed E-state index contributed by atoms with van der Waals surface area (Å²) < 4.78 is 15.4. The smallest absolute Gasteiger partial charge is 0.154 e. The van der Waals surface area contributed by atoms with Crippen molar-refractivity contribution in [3.05, 3.63) is 222 Å². The Labute approximate surface area is 381 Å². The third kappa shape index (κ3) is 6.17. The summed E-state index contributed by atoms with van der Waals surface area (Å²) in [6, 6.07) is 67.0. The lowest BCUT2D eigenvalue weighted by molar-refractivity contribution is 0.660. The molecular formula is C60H44N4O2. The van der Waals surface area contributed by atoms with E-state index in [1.807, 2.05) is 60.7 Å². The molecule has 3 heterocycles. The molecule has 0 atom stereocenters. The number of aliphatic imine (C=N–C) groups is 1. The van der Waals surface area contributed by atoms with Crippen molar-refractivity contribution in [2.24, 2.45) is 10.7 Å². The topological polar surface area (TPSA) is 93.4 Å². The SMILES string of the molecule is CC1(C)c2ccccc2-c2ccc(C(=N)N=C(N)c3cccc4oc5ccc(-c6cc(-n7c8ccccc8c8ccccc87)cc7oc8ccccc8c67)cc5c34)cc21.Cc1ccccc1. The molecule has 316 valence electrons. The van der Waals surface area contributed by atoms with Gasteiger partial charge in [0.05, 0.1) is 16.7 Å². The van der Waals surface area contributed by atoms with Gasteiger partial charge in [0.25, 0.3) is 0 Å². The van der Waals surface area contributed by atoms with Crippen LogP contribution in [-0.4, -0.2) is 16.2 Å². The van der Waals surface area contributed by atoms with Crippen LogP contribution in [0.4, 0.5) is 0 Å². The van der Waals surface area contributed by atoms with Gasteiger partial charge in [-0.05, 0) is 88.8 Å². The maximum Gasteiger partial charge on any atom is 0.154 e. The van der Waals surface area contributed by atoms with Crippen LogP contribution >= 0.6 is 0 Å². The van der Waals surface area contributed by atoms with Crippen LogP contribution in [0.2, 0.25) is 0 Å². The van der Waals surface area contributed by atoms with E-state index >= 15 is 0 Å². The number of aromatic nitrogens is 1. The molecule has 0 spiro atoms. The molecule has 66 heavy (non-hydrogen) atoms. The fourth-order valence-electron chi connectivity index (χ4n) is 10.2. The number of nitrogens with one attached hydrogen (secondary N) is 1. The fourth-order valence-corrected chi connectivity index (χ4v) is 10.2. The molecule has 0 unspecified atom stereocenters. The van der Waals surface area contributed by atoms with Gasteiger partial charge in [0.15, 0.2) is 5.84 Å². The van der Waals surface area contributed by atoms with Crippen LogP contribution in [0.15, 0.2) is 208 Å². The third-order valence-corrected chi connectivity index (χ3v) is 13.4. The van der Waals surface area contributed by atoms with Gasteiger partial charge in [-0.2, -0.15) is 0 Å². The zero-order valence-electron chi connectivity index (χ0n) is 36.8. The zero-order valence-corrected chi connectivity index (χ0v) is 36.8. The highest BCUT2D eigenvalue weighted by Crippen LogP contribution is 2.49. The maximum atomic E-state index is 9.15. The Morgan fingerprint density at radius 3 is 1.91 bits per heavy atom. The summed E-state index contributed by atoms with van der Waals surface area (Å²) in [4.78, 5) is 4.74. The normalized spacial score (nSPS) is 13.1. The lowest BCUT2D eigenvalue weighted by atomic mass is 9.82. The predicted octanol–water partition coefficient (Wildman–Crippen LogP) is 15.3. The number of para-hydroxylation sites is 3. The fraction of sp³-hybridized carbons (Fsp3) is 0.0667. The van der Waals surface area contributed by atoms with Crippen molar-refractivity contribution in [1.82, 2.24) is 4.57 Å². The standard InChI is InChI=1S/C53H36N4O2.C7H8/c1-53(2)41-17-7-3-12-33(41)34-24-22-31(27-42(34)53)51(54)56-52(55)38-16-11-21-47-50(38)40-26-30(23-25-46(40)58-47)39-28-32(29-48-49(39)37-15-6-10-20-45(37)59-48)57-43-18-8-4-13-35(43)36-14-5-9-19-44(36)57;1-7-5-3-2-4-6-7/h3-29H,1-2H3,(H3,54,55,56);2-6H,1H3. The number of rotatable bonds is 4. The summed E-state index contributed by atoms with van der Waals surface area (Å²) in [5.74, 6) is 0.368. The molecule has 0 saturated carbocycles. The second kappa shape index (κ2) is 15.1. The molecule has 0 amide bonds. The van der Waals surface area contributed by atoms with E-state index in [1.165, 1.54) is 38.6 Å². The summed E-state index contributed by atoms with van der Waals surface area (Å²) in [7, 11) is 0. The molecule has 3 aromatic heterocycles. The van der Waals surface area contributed by atoms with Crippen molar-refractivity contribution in [2.45, 2.75) is 26.2 Å². The molecule has 0 aliphatic heterocycles. The molecule has 0 fully saturated rings. The van der Waals surface area contributed by atoms with Crippen molar-refractivity contribution in [2.75, 3.05) is 0 Å². The lowest BCUT2D eigenvalue weighted by Gasteiger charge is -2.21. The number of benzene rings is 9. The van der Waals surface area contributed by atoms with E-state index in [0.29, 0.717) is 5.58 Å². The molecule has 9 aromatic carbocycles. The van der Waals surface area contributed by atoms with Crippen molar-refractivity contribution in [3.63, 3.8) is 0 Å². The zero-order chi connectivity index (χ0) is 44.7. The van der Waals surface area contributed by atoms with Gasteiger partial charge < -0.3 is 19.1 Å². The van der Waals surface area contributed by atoms with Gasteiger partial charge in [-0.3, -0.25) is 5.41 Å². The Bertz CT molecular complexity index is 3900. The minimum absolute atomic E-state index is 0.110. The Hall–Kier alpha value is -8.48. The number of hydrogen-bond donors (Lipinski definition) is 2. The average Bonchev–Trinajstić information content (AvgIpc) is 4.08. The van der Waals surface area contributed by atoms with Crippen LogP contribution in [0.3, 0.4) is 0 Å². The maximum absolute atomic E-state index is 9.15. The van der Waals surface area contributed by atoms with Crippen molar-refractivity contribution in [3.8, 4) is 27.9 Å². The molecule has 0 bridgehead atoms. The quantitative estimate of drug-likeness (QED) is 0.136. The molecular weight excluding hydrogens is 809 g/mol. The van der Waals surface area contributed by atoms with Gasteiger partial charge in [0.1, 0.15) is 28.2 Å². The van der Waals surface area contributed by atoms with Gasteiger partial charge in [-0.25, -0.2) is 4.99 Å². The monoisotopic (exact) mass is 852 g/mol. The summed E-state index contributed by atoms with van der Waals surface area (Å²) in [5, 5.41) is 15.4. The van der Waals surface area contributed by atoms with Gasteiger partial charge >= 0.3 is 0 Å². The second-order valence-electron chi connectivity index (χ2n) is 17.8. The first-order valence-electron chi connectivity index (χ1n) is 22.3. The molecule has 3 N–H and O–H groups in total. The molecule has 1 aliphatic rings. The largest absolute Gasteiger partial charge is 0.456 e. The minimum atomic E-state index is -0.187. The molecule has 0 saturated heterocycles. The van der Waals surface area contributed by atoms with Crippen LogP contribution in [0.5, 0.6) is 0 Å². The van der Waals surface area contributed by atoms with Crippen molar-refractivity contribution < 1.29 is 8.83 Å². The van der Waals surface area contributed by atoms with Crippen LogP contribution in [0, 0.1) is 12.3 Å². The molecule has 0 radical (unpaired) electrons.